The summed E-state index contributed by atoms with van der Waals surface area (Å²) in [6.07, 6.45) is 3.48. The topological polar surface area (TPSA) is 68.5 Å². The number of benzene rings is 1. The molecule has 0 radical (unpaired) electrons. The van der Waals surface area contributed by atoms with Crippen molar-refractivity contribution in [2.75, 3.05) is 5.32 Å². The van der Waals surface area contributed by atoms with Gasteiger partial charge < -0.3 is 5.32 Å². The predicted molar refractivity (Wildman–Crippen MR) is 73.3 cm³/mol. The molecular formula is C12H12N6S. The second-order valence-corrected chi connectivity index (χ2v) is 5.32. The molecule has 2 heterocycles. The summed E-state index contributed by atoms with van der Waals surface area (Å²) < 4.78 is 1.63. The maximum Gasteiger partial charge on any atom is 0.143 e. The average Bonchev–Trinajstić information content (AvgIpc) is 3.08. The van der Waals surface area contributed by atoms with Gasteiger partial charge in [0.05, 0.1) is 17.2 Å². The van der Waals surface area contributed by atoms with E-state index < -0.39 is 0 Å². The Morgan fingerprint density at radius 1 is 1.37 bits per heavy atom. The SMILES string of the molecule is Cc1ncc(CNc2cccc(-n3cnnn3)c2)s1. The first-order chi connectivity index (χ1) is 9.31. The van der Waals surface area contributed by atoms with Crippen molar-refractivity contribution in [2.45, 2.75) is 13.5 Å². The van der Waals surface area contributed by atoms with Gasteiger partial charge in [0, 0.05) is 16.8 Å². The number of hydrogen-bond donors (Lipinski definition) is 1. The Morgan fingerprint density at radius 2 is 2.32 bits per heavy atom. The smallest absolute Gasteiger partial charge is 0.143 e. The minimum atomic E-state index is 0.768. The minimum absolute atomic E-state index is 0.768. The molecule has 0 fully saturated rings. The number of aryl methyl sites for hydroxylation is 1. The number of anilines is 1. The van der Waals surface area contributed by atoms with E-state index in [1.165, 1.54) is 4.88 Å². The first kappa shape index (κ1) is 11.8. The highest BCUT2D eigenvalue weighted by molar-refractivity contribution is 7.11. The molecule has 3 rings (SSSR count). The molecular weight excluding hydrogens is 260 g/mol. The Bertz CT molecular complexity index is 660. The molecule has 0 atom stereocenters. The van der Waals surface area contributed by atoms with E-state index in [0.717, 1.165) is 22.9 Å². The Morgan fingerprint density at radius 3 is 3.05 bits per heavy atom. The zero-order valence-electron chi connectivity index (χ0n) is 10.3. The van der Waals surface area contributed by atoms with Crippen LogP contribution in [0.1, 0.15) is 9.88 Å². The molecule has 0 amide bonds. The maximum atomic E-state index is 4.23. The Kier molecular flexibility index (Phi) is 3.20. The Hall–Kier alpha value is -2.28. The van der Waals surface area contributed by atoms with Gasteiger partial charge in [-0.2, -0.15) is 0 Å². The summed E-state index contributed by atoms with van der Waals surface area (Å²) in [5.74, 6) is 0. The largest absolute Gasteiger partial charge is 0.380 e. The van der Waals surface area contributed by atoms with Crippen molar-refractivity contribution in [3.63, 3.8) is 0 Å². The van der Waals surface area contributed by atoms with Gasteiger partial charge in [0.1, 0.15) is 6.33 Å². The van der Waals surface area contributed by atoms with Crippen LogP contribution in [0.15, 0.2) is 36.8 Å². The molecule has 0 unspecified atom stereocenters. The lowest BCUT2D eigenvalue weighted by molar-refractivity contribution is 0.789. The van der Waals surface area contributed by atoms with E-state index in [9.17, 15) is 0 Å². The third kappa shape index (κ3) is 2.76. The van der Waals surface area contributed by atoms with Crippen LogP contribution in [-0.2, 0) is 6.54 Å². The normalized spacial score (nSPS) is 10.6. The van der Waals surface area contributed by atoms with Crippen LogP contribution >= 0.6 is 11.3 Å². The van der Waals surface area contributed by atoms with Crippen molar-refractivity contribution in [1.29, 1.82) is 0 Å². The number of nitrogens with one attached hydrogen (secondary N) is 1. The second kappa shape index (κ2) is 5.15. The van der Waals surface area contributed by atoms with Crippen molar-refractivity contribution in [3.8, 4) is 5.69 Å². The lowest BCUT2D eigenvalue weighted by atomic mass is 10.3. The highest BCUT2D eigenvalue weighted by atomic mass is 32.1. The monoisotopic (exact) mass is 272 g/mol. The van der Waals surface area contributed by atoms with E-state index in [0.29, 0.717) is 0 Å². The summed E-state index contributed by atoms with van der Waals surface area (Å²) in [5, 5.41) is 15.6. The molecule has 0 saturated heterocycles. The standard InChI is InChI=1S/C12H12N6S/c1-9-13-6-12(19-9)7-14-10-3-2-4-11(5-10)18-8-15-16-17-18/h2-6,8,14H,7H2,1H3. The van der Waals surface area contributed by atoms with Gasteiger partial charge in [-0.1, -0.05) is 6.07 Å². The van der Waals surface area contributed by atoms with E-state index >= 15 is 0 Å². The summed E-state index contributed by atoms with van der Waals surface area (Å²) in [4.78, 5) is 5.45. The zero-order valence-corrected chi connectivity index (χ0v) is 11.1. The van der Waals surface area contributed by atoms with E-state index in [2.05, 4.69) is 25.8 Å². The summed E-state index contributed by atoms with van der Waals surface area (Å²) in [7, 11) is 0. The first-order valence-corrected chi connectivity index (χ1v) is 6.61. The second-order valence-electron chi connectivity index (χ2n) is 4.00. The maximum absolute atomic E-state index is 4.23. The van der Waals surface area contributed by atoms with Crippen LogP contribution < -0.4 is 5.32 Å². The molecule has 0 bridgehead atoms. The summed E-state index contributed by atoms with van der Waals surface area (Å²) >= 11 is 1.70. The van der Waals surface area contributed by atoms with Gasteiger partial charge in [0.25, 0.3) is 0 Å². The van der Waals surface area contributed by atoms with E-state index in [1.807, 2.05) is 37.4 Å². The number of aromatic nitrogens is 5. The molecule has 0 saturated carbocycles. The van der Waals surface area contributed by atoms with Crippen LogP contribution in [0.5, 0.6) is 0 Å². The zero-order chi connectivity index (χ0) is 13.1. The summed E-state index contributed by atoms with van der Waals surface area (Å²) in [5.41, 5.74) is 1.95. The van der Waals surface area contributed by atoms with Crippen LogP contribution in [-0.4, -0.2) is 25.2 Å². The average molecular weight is 272 g/mol. The molecule has 7 heteroatoms. The minimum Gasteiger partial charge on any atom is -0.380 e. The molecule has 6 nitrogen and oxygen atoms in total. The number of thiazole rings is 1. The number of rotatable bonds is 4. The molecule has 1 aromatic carbocycles. The van der Waals surface area contributed by atoms with E-state index in [4.69, 9.17) is 0 Å². The molecule has 3 aromatic rings. The summed E-state index contributed by atoms with van der Waals surface area (Å²) in [6, 6.07) is 7.95. The van der Waals surface area contributed by atoms with Gasteiger partial charge in [-0.25, -0.2) is 9.67 Å². The first-order valence-electron chi connectivity index (χ1n) is 5.80. The highest BCUT2D eigenvalue weighted by Crippen LogP contribution is 2.16. The third-order valence-electron chi connectivity index (χ3n) is 2.60. The van der Waals surface area contributed by atoms with Gasteiger partial charge >= 0.3 is 0 Å². The van der Waals surface area contributed by atoms with Crippen molar-refractivity contribution < 1.29 is 0 Å². The number of tetrazole rings is 1. The molecule has 0 aliphatic rings. The summed E-state index contributed by atoms with van der Waals surface area (Å²) in [6.45, 7) is 2.77. The van der Waals surface area contributed by atoms with Crippen LogP contribution in [0, 0.1) is 6.92 Å². The lowest BCUT2D eigenvalue weighted by Gasteiger charge is -2.06. The molecule has 0 aliphatic heterocycles. The van der Waals surface area contributed by atoms with Gasteiger partial charge in [-0.05, 0) is 35.5 Å². The van der Waals surface area contributed by atoms with E-state index in [-0.39, 0.29) is 0 Å². The molecule has 2 aromatic heterocycles. The lowest BCUT2D eigenvalue weighted by Crippen LogP contribution is -2.00. The van der Waals surface area contributed by atoms with Gasteiger partial charge in [-0.3, -0.25) is 0 Å². The highest BCUT2D eigenvalue weighted by Gasteiger charge is 2.01. The third-order valence-corrected chi connectivity index (χ3v) is 3.51. The number of nitrogens with zero attached hydrogens (tertiary/aromatic N) is 5. The molecule has 0 aliphatic carbocycles. The van der Waals surface area contributed by atoms with E-state index in [1.54, 1.807) is 22.3 Å². The quantitative estimate of drug-likeness (QED) is 0.787. The van der Waals surface area contributed by atoms with Gasteiger partial charge in [0.15, 0.2) is 0 Å². The van der Waals surface area contributed by atoms with Gasteiger partial charge in [-0.15, -0.1) is 16.4 Å². The number of hydrogen-bond acceptors (Lipinski definition) is 6. The van der Waals surface area contributed by atoms with Crippen molar-refractivity contribution >= 4 is 17.0 Å². The fourth-order valence-electron chi connectivity index (χ4n) is 1.71. The Labute approximate surface area is 114 Å². The van der Waals surface area contributed by atoms with Gasteiger partial charge in [0.2, 0.25) is 0 Å². The fourth-order valence-corrected chi connectivity index (χ4v) is 2.45. The fraction of sp³-hybridized carbons (Fsp3) is 0.167. The Balaban J connectivity index is 1.73. The molecule has 0 spiro atoms. The van der Waals surface area contributed by atoms with Crippen molar-refractivity contribution in [2.24, 2.45) is 0 Å². The van der Waals surface area contributed by atoms with Crippen LogP contribution in [0.4, 0.5) is 5.69 Å². The molecule has 1 N–H and O–H groups in total. The van der Waals surface area contributed by atoms with Crippen LogP contribution in [0.3, 0.4) is 0 Å². The predicted octanol–water partition coefficient (Wildman–Crippen LogP) is 2.04. The van der Waals surface area contributed by atoms with Crippen LogP contribution in [0.2, 0.25) is 0 Å². The van der Waals surface area contributed by atoms with Crippen molar-refractivity contribution in [3.05, 3.63) is 46.7 Å². The van der Waals surface area contributed by atoms with Crippen molar-refractivity contribution in [1.82, 2.24) is 25.2 Å². The molecule has 96 valence electrons. The van der Waals surface area contributed by atoms with Crippen LogP contribution in [0.25, 0.3) is 5.69 Å². The molecule has 19 heavy (non-hydrogen) atoms.